The van der Waals surface area contributed by atoms with E-state index in [1.807, 2.05) is 6.08 Å². The molecule has 0 spiro atoms. The van der Waals surface area contributed by atoms with Crippen LogP contribution in [0.1, 0.15) is 40.0 Å². The van der Waals surface area contributed by atoms with Gasteiger partial charge in [-0.05, 0) is 38.5 Å². The maximum Gasteiger partial charge on any atom is 0.0631 e. The Morgan fingerprint density at radius 1 is 1.64 bits per heavy atom. The maximum absolute atomic E-state index is 5.98. The molecular formula is C12H21BrO. The lowest BCUT2D eigenvalue weighted by molar-refractivity contribution is -0.0272. The van der Waals surface area contributed by atoms with E-state index in [0.29, 0.717) is 6.10 Å². The molecule has 1 rings (SSSR count). The minimum Gasteiger partial charge on any atom is -0.372 e. The fourth-order valence-electron chi connectivity index (χ4n) is 1.93. The Morgan fingerprint density at radius 3 is 2.64 bits per heavy atom. The lowest BCUT2D eigenvalue weighted by Crippen LogP contribution is -2.26. The Kier molecular flexibility index (Phi) is 3.81. The third-order valence-corrected chi connectivity index (χ3v) is 4.33. The van der Waals surface area contributed by atoms with E-state index in [2.05, 4.69) is 43.3 Å². The normalized spacial score (nSPS) is 29.9. The second-order valence-corrected chi connectivity index (χ2v) is 5.79. The number of alkyl halides is 1. The molecule has 1 saturated heterocycles. The van der Waals surface area contributed by atoms with Gasteiger partial charge < -0.3 is 4.74 Å². The minimum absolute atomic E-state index is 0.0824. The average Bonchev–Trinajstić information content (AvgIpc) is 2.45. The van der Waals surface area contributed by atoms with Gasteiger partial charge in [0.1, 0.15) is 0 Å². The standard InChI is InChI=1S/C12H21BrO/c1-5-12(4,9-13)8-10-6-7-11(2,3)14-10/h5,10H,1,6-9H2,2-4H3. The smallest absolute Gasteiger partial charge is 0.0631 e. The van der Waals surface area contributed by atoms with Crippen molar-refractivity contribution in [2.75, 3.05) is 5.33 Å². The molecule has 0 amide bonds. The summed E-state index contributed by atoms with van der Waals surface area (Å²) < 4.78 is 5.98. The van der Waals surface area contributed by atoms with Gasteiger partial charge in [0.05, 0.1) is 11.7 Å². The molecule has 2 unspecified atom stereocenters. The lowest BCUT2D eigenvalue weighted by atomic mass is 9.86. The van der Waals surface area contributed by atoms with Gasteiger partial charge in [-0.1, -0.05) is 28.9 Å². The molecule has 1 nitrogen and oxygen atoms in total. The number of rotatable bonds is 4. The Morgan fingerprint density at radius 2 is 2.29 bits per heavy atom. The third-order valence-electron chi connectivity index (χ3n) is 3.05. The molecule has 14 heavy (non-hydrogen) atoms. The number of allylic oxidation sites excluding steroid dienone is 1. The average molecular weight is 261 g/mol. The Balaban J connectivity index is 2.50. The topological polar surface area (TPSA) is 9.23 Å². The molecule has 0 radical (unpaired) electrons. The number of hydrogen-bond donors (Lipinski definition) is 0. The van der Waals surface area contributed by atoms with E-state index < -0.39 is 0 Å². The van der Waals surface area contributed by atoms with E-state index >= 15 is 0 Å². The molecule has 0 aromatic rings. The molecule has 0 saturated carbocycles. The Labute approximate surface area is 96.0 Å². The number of hydrogen-bond acceptors (Lipinski definition) is 1. The lowest BCUT2D eigenvalue weighted by Gasteiger charge is -2.27. The summed E-state index contributed by atoms with van der Waals surface area (Å²) in [5, 5.41) is 0.962. The van der Waals surface area contributed by atoms with Crippen LogP contribution in [0.3, 0.4) is 0 Å². The molecule has 1 fully saturated rings. The van der Waals surface area contributed by atoms with Crippen LogP contribution in [-0.4, -0.2) is 17.0 Å². The van der Waals surface area contributed by atoms with Crippen molar-refractivity contribution >= 4 is 15.9 Å². The molecule has 0 aromatic carbocycles. The van der Waals surface area contributed by atoms with Crippen molar-refractivity contribution in [1.29, 1.82) is 0 Å². The third kappa shape index (κ3) is 3.09. The van der Waals surface area contributed by atoms with Crippen LogP contribution in [0, 0.1) is 5.41 Å². The predicted octanol–water partition coefficient (Wildman–Crippen LogP) is 3.92. The van der Waals surface area contributed by atoms with Gasteiger partial charge in [0, 0.05) is 5.33 Å². The first-order valence-corrected chi connectivity index (χ1v) is 6.40. The van der Waals surface area contributed by atoms with Crippen LogP contribution >= 0.6 is 15.9 Å². The minimum atomic E-state index is 0.0824. The zero-order chi connectivity index (χ0) is 10.8. The molecule has 1 aliphatic heterocycles. The van der Waals surface area contributed by atoms with E-state index in [0.717, 1.165) is 11.8 Å². The summed E-state index contributed by atoms with van der Waals surface area (Å²) in [6.45, 7) is 10.5. The first-order chi connectivity index (χ1) is 6.41. The van der Waals surface area contributed by atoms with E-state index in [9.17, 15) is 0 Å². The van der Waals surface area contributed by atoms with Crippen LogP contribution in [0.5, 0.6) is 0 Å². The zero-order valence-corrected chi connectivity index (χ0v) is 11.1. The summed E-state index contributed by atoms with van der Waals surface area (Å²) in [6.07, 6.45) is 5.88. The molecular weight excluding hydrogens is 240 g/mol. The molecule has 0 N–H and O–H groups in total. The van der Waals surface area contributed by atoms with Crippen molar-refractivity contribution in [3.8, 4) is 0 Å². The zero-order valence-electron chi connectivity index (χ0n) is 9.48. The monoisotopic (exact) mass is 260 g/mol. The Bertz CT molecular complexity index is 212. The number of halogens is 1. The van der Waals surface area contributed by atoms with Crippen molar-refractivity contribution in [2.24, 2.45) is 5.41 Å². The van der Waals surface area contributed by atoms with E-state index in [4.69, 9.17) is 4.74 Å². The second kappa shape index (κ2) is 4.36. The van der Waals surface area contributed by atoms with Crippen LogP contribution in [0.15, 0.2) is 12.7 Å². The molecule has 0 aromatic heterocycles. The summed E-state index contributed by atoms with van der Waals surface area (Å²) >= 11 is 3.54. The molecule has 82 valence electrons. The van der Waals surface area contributed by atoms with Crippen molar-refractivity contribution in [3.63, 3.8) is 0 Å². The quantitative estimate of drug-likeness (QED) is 0.550. The largest absolute Gasteiger partial charge is 0.372 e. The highest BCUT2D eigenvalue weighted by atomic mass is 79.9. The first-order valence-electron chi connectivity index (χ1n) is 5.28. The molecule has 1 aliphatic rings. The van der Waals surface area contributed by atoms with Crippen LogP contribution in [0.25, 0.3) is 0 Å². The highest BCUT2D eigenvalue weighted by Crippen LogP contribution is 2.37. The molecule has 1 heterocycles. The number of ether oxygens (including phenoxy) is 1. The summed E-state index contributed by atoms with van der Waals surface area (Å²) in [5.74, 6) is 0. The summed E-state index contributed by atoms with van der Waals surface area (Å²) in [7, 11) is 0. The van der Waals surface area contributed by atoms with Gasteiger partial charge in [0.2, 0.25) is 0 Å². The molecule has 2 atom stereocenters. The highest BCUT2D eigenvalue weighted by molar-refractivity contribution is 9.09. The predicted molar refractivity (Wildman–Crippen MR) is 64.9 cm³/mol. The van der Waals surface area contributed by atoms with Gasteiger partial charge >= 0.3 is 0 Å². The SMILES string of the molecule is C=CC(C)(CBr)CC1CCC(C)(C)O1. The molecule has 2 heteroatoms. The van der Waals surface area contributed by atoms with Gasteiger partial charge in [-0.25, -0.2) is 0 Å². The van der Waals surface area contributed by atoms with Gasteiger partial charge in [-0.3, -0.25) is 0 Å². The van der Waals surface area contributed by atoms with Gasteiger partial charge in [0.15, 0.2) is 0 Å². The van der Waals surface area contributed by atoms with Crippen molar-refractivity contribution in [1.82, 2.24) is 0 Å². The maximum atomic E-state index is 5.98. The molecule has 0 bridgehead atoms. The van der Waals surface area contributed by atoms with Gasteiger partial charge in [-0.15, -0.1) is 6.58 Å². The Hall–Kier alpha value is 0.180. The van der Waals surface area contributed by atoms with Gasteiger partial charge in [0.25, 0.3) is 0 Å². The van der Waals surface area contributed by atoms with Crippen LogP contribution < -0.4 is 0 Å². The van der Waals surface area contributed by atoms with Crippen LogP contribution in [-0.2, 0) is 4.74 Å². The summed E-state index contributed by atoms with van der Waals surface area (Å²) in [4.78, 5) is 0. The summed E-state index contributed by atoms with van der Waals surface area (Å²) in [5.41, 5.74) is 0.254. The van der Waals surface area contributed by atoms with Crippen LogP contribution in [0.2, 0.25) is 0 Å². The fraction of sp³-hybridized carbons (Fsp3) is 0.833. The fourth-order valence-corrected chi connectivity index (χ4v) is 2.39. The first kappa shape index (κ1) is 12.3. The summed E-state index contributed by atoms with van der Waals surface area (Å²) in [6, 6.07) is 0. The van der Waals surface area contributed by atoms with Crippen molar-refractivity contribution < 1.29 is 4.74 Å². The van der Waals surface area contributed by atoms with Gasteiger partial charge in [-0.2, -0.15) is 0 Å². The van der Waals surface area contributed by atoms with Crippen molar-refractivity contribution in [3.05, 3.63) is 12.7 Å². The highest BCUT2D eigenvalue weighted by Gasteiger charge is 2.35. The molecule has 0 aliphatic carbocycles. The van der Waals surface area contributed by atoms with E-state index in [-0.39, 0.29) is 11.0 Å². The van der Waals surface area contributed by atoms with E-state index in [1.54, 1.807) is 0 Å². The second-order valence-electron chi connectivity index (χ2n) is 5.23. The van der Waals surface area contributed by atoms with E-state index in [1.165, 1.54) is 12.8 Å². The van der Waals surface area contributed by atoms with Crippen LogP contribution in [0.4, 0.5) is 0 Å². The van der Waals surface area contributed by atoms with Crippen molar-refractivity contribution in [2.45, 2.75) is 51.7 Å².